The minimum absolute atomic E-state index is 0.168. The maximum atomic E-state index is 11.1. The number of H-pyrrole nitrogens is 1. The van der Waals surface area contributed by atoms with Crippen LogP contribution in [-0.4, -0.2) is 36.6 Å². The maximum absolute atomic E-state index is 11.1. The lowest BCUT2D eigenvalue weighted by molar-refractivity contribution is -0.0864. The number of aromatic amines is 1. The van der Waals surface area contributed by atoms with Gasteiger partial charge in [-0.05, 0) is 13.0 Å². The highest BCUT2D eigenvalue weighted by Crippen LogP contribution is 2.11. The van der Waals surface area contributed by atoms with E-state index in [2.05, 4.69) is 4.98 Å². The first kappa shape index (κ1) is 11.7. The zero-order valence-electron chi connectivity index (χ0n) is 9.10. The topological polar surface area (TPSA) is 65.6 Å². The molecule has 0 bridgehead atoms. The van der Waals surface area contributed by atoms with Crippen molar-refractivity contribution in [2.45, 2.75) is 19.3 Å². The lowest BCUT2D eigenvalue weighted by Gasteiger charge is -2.29. The fraction of sp³-hybridized carbons (Fsp3) is 0.500. The van der Waals surface area contributed by atoms with E-state index in [0.29, 0.717) is 5.82 Å². The first-order valence-corrected chi connectivity index (χ1v) is 4.69. The van der Waals surface area contributed by atoms with Gasteiger partial charge in [-0.2, -0.15) is 0 Å². The highest BCUT2D eigenvalue weighted by molar-refractivity contribution is 5.37. The van der Waals surface area contributed by atoms with Crippen molar-refractivity contribution < 1.29 is 9.84 Å². The minimum atomic E-state index is -0.890. The van der Waals surface area contributed by atoms with Gasteiger partial charge in [-0.1, -0.05) is 6.07 Å². The van der Waals surface area contributed by atoms with Crippen LogP contribution in [0.2, 0.25) is 0 Å². The van der Waals surface area contributed by atoms with Crippen LogP contribution in [0.1, 0.15) is 6.92 Å². The summed E-state index contributed by atoms with van der Waals surface area (Å²) in [5.74, 6) is 0.645. The third-order valence-electron chi connectivity index (χ3n) is 2.40. The molecule has 5 nitrogen and oxygen atoms in total. The molecule has 1 aromatic rings. The van der Waals surface area contributed by atoms with Gasteiger partial charge in [0.15, 0.2) is 6.29 Å². The van der Waals surface area contributed by atoms with Crippen LogP contribution < -0.4 is 10.5 Å². The van der Waals surface area contributed by atoms with Gasteiger partial charge >= 0.3 is 0 Å². The highest BCUT2D eigenvalue weighted by Gasteiger charge is 2.18. The van der Waals surface area contributed by atoms with Crippen molar-refractivity contribution in [3.05, 3.63) is 28.6 Å². The lowest BCUT2D eigenvalue weighted by atomic mass is 10.3. The van der Waals surface area contributed by atoms with E-state index in [9.17, 15) is 9.90 Å². The van der Waals surface area contributed by atoms with Gasteiger partial charge in [-0.25, -0.2) is 0 Å². The summed E-state index contributed by atoms with van der Waals surface area (Å²) in [4.78, 5) is 15.5. The Kier molecular flexibility index (Phi) is 3.88. The van der Waals surface area contributed by atoms with Crippen LogP contribution in [0.25, 0.3) is 0 Å². The second kappa shape index (κ2) is 4.95. The number of aliphatic hydroxyl groups is 1. The zero-order chi connectivity index (χ0) is 11.4. The Morgan fingerprint density at radius 3 is 2.73 bits per heavy atom. The fourth-order valence-corrected chi connectivity index (χ4v) is 1.25. The van der Waals surface area contributed by atoms with Gasteiger partial charge in [0.2, 0.25) is 5.56 Å². The van der Waals surface area contributed by atoms with Gasteiger partial charge < -0.3 is 19.7 Å². The van der Waals surface area contributed by atoms with E-state index >= 15 is 0 Å². The number of aliphatic hydroxyl groups excluding tert-OH is 1. The predicted molar refractivity (Wildman–Crippen MR) is 57.9 cm³/mol. The van der Waals surface area contributed by atoms with Gasteiger partial charge in [-0.15, -0.1) is 0 Å². The molecule has 0 aliphatic heterocycles. The molecule has 0 amide bonds. The van der Waals surface area contributed by atoms with Crippen molar-refractivity contribution in [3.8, 4) is 0 Å². The molecule has 2 atom stereocenters. The molecule has 0 aliphatic carbocycles. The average Bonchev–Trinajstić information content (AvgIpc) is 2.26. The van der Waals surface area contributed by atoms with E-state index in [1.807, 2.05) is 0 Å². The summed E-state index contributed by atoms with van der Waals surface area (Å²) >= 11 is 0. The molecule has 0 aliphatic rings. The first-order valence-electron chi connectivity index (χ1n) is 4.69. The van der Waals surface area contributed by atoms with E-state index in [1.54, 1.807) is 31.0 Å². The van der Waals surface area contributed by atoms with Crippen LogP contribution in [0.15, 0.2) is 23.0 Å². The highest BCUT2D eigenvalue weighted by atomic mass is 16.6. The Morgan fingerprint density at radius 2 is 2.20 bits per heavy atom. The normalized spacial score (nSPS) is 14.7. The summed E-state index contributed by atoms with van der Waals surface area (Å²) in [5, 5.41) is 9.47. The van der Waals surface area contributed by atoms with Gasteiger partial charge in [0.25, 0.3) is 0 Å². The zero-order valence-corrected chi connectivity index (χ0v) is 9.10. The van der Waals surface area contributed by atoms with Gasteiger partial charge in [-0.3, -0.25) is 4.79 Å². The molecule has 84 valence electrons. The van der Waals surface area contributed by atoms with Crippen LogP contribution in [0, 0.1) is 0 Å². The summed E-state index contributed by atoms with van der Waals surface area (Å²) in [7, 11) is 3.21. The van der Waals surface area contributed by atoms with E-state index in [-0.39, 0.29) is 11.6 Å². The third kappa shape index (κ3) is 2.81. The second-order valence-electron chi connectivity index (χ2n) is 3.38. The SMILES string of the molecule is COC(O)[C@H](C)N(C)c1cccc(=O)[nH]1. The fourth-order valence-electron chi connectivity index (χ4n) is 1.25. The number of hydrogen-bond acceptors (Lipinski definition) is 4. The number of rotatable bonds is 4. The van der Waals surface area contributed by atoms with Crippen molar-refractivity contribution in [1.29, 1.82) is 0 Å². The summed E-state index contributed by atoms with van der Waals surface area (Å²) < 4.78 is 4.81. The standard InChI is InChI=1S/C10H16N2O3/c1-7(10(14)15-3)12(2)8-5-4-6-9(13)11-8/h4-7,10,14H,1-3H3,(H,11,13)/t7-,10?/m0/s1. The molecular formula is C10H16N2O3. The van der Waals surface area contributed by atoms with Crippen LogP contribution >= 0.6 is 0 Å². The molecule has 1 unspecified atom stereocenters. The lowest BCUT2D eigenvalue weighted by Crippen LogP contribution is -2.40. The Morgan fingerprint density at radius 1 is 1.53 bits per heavy atom. The number of pyridine rings is 1. The molecule has 1 rings (SSSR count). The molecule has 0 spiro atoms. The molecular weight excluding hydrogens is 196 g/mol. The van der Waals surface area contributed by atoms with Crippen LogP contribution in [0.4, 0.5) is 5.82 Å². The molecule has 0 aromatic carbocycles. The largest absolute Gasteiger partial charge is 0.366 e. The van der Waals surface area contributed by atoms with E-state index in [1.165, 1.54) is 13.2 Å². The van der Waals surface area contributed by atoms with Gasteiger partial charge in [0.1, 0.15) is 5.82 Å². The summed E-state index contributed by atoms with van der Waals surface area (Å²) in [5.41, 5.74) is -0.168. The summed E-state index contributed by atoms with van der Waals surface area (Å²) in [6.07, 6.45) is -0.890. The Hall–Kier alpha value is -1.33. The third-order valence-corrected chi connectivity index (χ3v) is 2.40. The maximum Gasteiger partial charge on any atom is 0.249 e. The van der Waals surface area contributed by atoms with Crippen LogP contribution in [-0.2, 0) is 4.74 Å². The smallest absolute Gasteiger partial charge is 0.249 e. The molecule has 15 heavy (non-hydrogen) atoms. The van der Waals surface area contributed by atoms with E-state index in [0.717, 1.165) is 0 Å². The predicted octanol–water partition coefficient (Wildman–Crippen LogP) is 0.164. The molecule has 5 heteroatoms. The van der Waals surface area contributed by atoms with Crippen molar-refractivity contribution in [2.75, 3.05) is 19.1 Å². The molecule has 0 radical (unpaired) electrons. The van der Waals surface area contributed by atoms with Crippen LogP contribution in [0.5, 0.6) is 0 Å². The number of nitrogens with one attached hydrogen (secondary N) is 1. The monoisotopic (exact) mass is 212 g/mol. The molecule has 1 aromatic heterocycles. The Balaban J connectivity index is 2.84. The number of nitrogens with zero attached hydrogens (tertiary/aromatic N) is 1. The number of ether oxygens (including phenoxy) is 1. The van der Waals surface area contributed by atoms with E-state index < -0.39 is 6.29 Å². The molecule has 2 N–H and O–H groups in total. The van der Waals surface area contributed by atoms with Crippen LogP contribution in [0.3, 0.4) is 0 Å². The molecule has 0 saturated heterocycles. The molecule has 0 fully saturated rings. The molecule has 0 saturated carbocycles. The number of hydrogen-bond donors (Lipinski definition) is 2. The minimum Gasteiger partial charge on any atom is -0.366 e. The quantitative estimate of drug-likeness (QED) is 0.698. The molecule has 1 heterocycles. The number of methoxy groups -OCH3 is 1. The van der Waals surface area contributed by atoms with Crippen molar-refractivity contribution in [1.82, 2.24) is 4.98 Å². The summed E-state index contributed by atoms with van der Waals surface area (Å²) in [6, 6.07) is 4.62. The van der Waals surface area contributed by atoms with E-state index in [4.69, 9.17) is 4.74 Å². The average molecular weight is 212 g/mol. The van der Waals surface area contributed by atoms with Crippen molar-refractivity contribution in [3.63, 3.8) is 0 Å². The Bertz CT molecular complexity index is 364. The number of likely N-dealkylation sites (N-methyl/N-ethyl adjacent to an activating group) is 1. The summed E-state index contributed by atoms with van der Waals surface area (Å²) in [6.45, 7) is 1.81. The van der Waals surface area contributed by atoms with Crippen molar-refractivity contribution >= 4 is 5.82 Å². The van der Waals surface area contributed by atoms with Crippen molar-refractivity contribution in [2.24, 2.45) is 0 Å². The number of anilines is 1. The number of aromatic nitrogens is 1. The first-order chi connectivity index (χ1) is 7.06. The van der Waals surface area contributed by atoms with Gasteiger partial charge in [0.05, 0.1) is 6.04 Å². The second-order valence-corrected chi connectivity index (χ2v) is 3.38. The Labute approximate surface area is 88.3 Å². The van der Waals surface area contributed by atoms with Gasteiger partial charge in [0, 0.05) is 20.2 Å².